The molecule has 3 nitrogen and oxygen atoms in total. The van der Waals surface area contributed by atoms with Gasteiger partial charge in [-0.3, -0.25) is 4.79 Å². The lowest BCUT2D eigenvalue weighted by atomic mass is 10.2. The van der Waals surface area contributed by atoms with Gasteiger partial charge >= 0.3 is 5.97 Å². The van der Waals surface area contributed by atoms with E-state index in [0.29, 0.717) is 16.6 Å². The van der Waals surface area contributed by atoms with E-state index < -0.39 is 12.0 Å². The maximum absolute atomic E-state index is 12.9. The highest BCUT2D eigenvalue weighted by atomic mass is 79.9. The van der Waals surface area contributed by atoms with Crippen LogP contribution >= 0.6 is 15.9 Å². The molecule has 1 aromatic rings. The minimum Gasteiger partial charge on any atom is -0.480 e. The van der Waals surface area contributed by atoms with Crippen molar-refractivity contribution in [3.8, 4) is 0 Å². The highest BCUT2D eigenvalue weighted by molar-refractivity contribution is 9.10. The van der Waals surface area contributed by atoms with Crippen molar-refractivity contribution in [2.24, 2.45) is 0 Å². The molecule has 0 unspecified atom stereocenters. The second-order valence-corrected chi connectivity index (χ2v) is 4.13. The Bertz CT molecular complexity index is 350. The average molecular weight is 276 g/mol. The van der Waals surface area contributed by atoms with Gasteiger partial charge in [0.1, 0.15) is 11.9 Å². The number of carboxylic acid groups (broad SMARTS) is 1. The quantitative estimate of drug-likeness (QED) is 0.885. The maximum Gasteiger partial charge on any atom is 0.320 e. The van der Waals surface area contributed by atoms with Crippen molar-refractivity contribution in [1.29, 1.82) is 0 Å². The van der Waals surface area contributed by atoms with Crippen LogP contribution in [0.15, 0.2) is 22.7 Å². The molecule has 2 N–H and O–H groups in total. The van der Waals surface area contributed by atoms with Crippen LogP contribution in [0.1, 0.15) is 12.5 Å². The Kier molecular flexibility index (Phi) is 4.23. The molecular weight excluding hydrogens is 265 g/mol. The van der Waals surface area contributed by atoms with Crippen molar-refractivity contribution < 1.29 is 14.3 Å². The summed E-state index contributed by atoms with van der Waals surface area (Å²) in [5.74, 6) is -1.27. The van der Waals surface area contributed by atoms with E-state index in [-0.39, 0.29) is 5.82 Å². The van der Waals surface area contributed by atoms with E-state index in [2.05, 4.69) is 21.2 Å². The Hall–Kier alpha value is -0.940. The molecule has 0 fully saturated rings. The van der Waals surface area contributed by atoms with Crippen molar-refractivity contribution in [2.45, 2.75) is 19.5 Å². The molecule has 0 heterocycles. The number of aliphatic carboxylic acids is 1. The lowest BCUT2D eigenvalue weighted by Gasteiger charge is -2.09. The van der Waals surface area contributed by atoms with Crippen LogP contribution in [0.4, 0.5) is 4.39 Å². The van der Waals surface area contributed by atoms with Crippen molar-refractivity contribution in [2.75, 3.05) is 0 Å². The molecule has 0 aliphatic heterocycles. The van der Waals surface area contributed by atoms with Gasteiger partial charge in [0.05, 0.1) is 0 Å². The lowest BCUT2D eigenvalue weighted by molar-refractivity contribution is -0.139. The molecule has 0 aromatic heterocycles. The summed E-state index contributed by atoms with van der Waals surface area (Å²) < 4.78 is 13.6. The first-order chi connectivity index (χ1) is 6.99. The van der Waals surface area contributed by atoms with E-state index in [9.17, 15) is 9.18 Å². The number of halogens is 2. The number of benzene rings is 1. The molecular formula is C10H11BrFNO2. The predicted molar refractivity (Wildman–Crippen MR) is 58.0 cm³/mol. The summed E-state index contributed by atoms with van der Waals surface area (Å²) in [6.07, 6.45) is 0. The van der Waals surface area contributed by atoms with Gasteiger partial charge in [-0.15, -0.1) is 0 Å². The Morgan fingerprint density at radius 3 is 2.80 bits per heavy atom. The van der Waals surface area contributed by atoms with E-state index in [1.165, 1.54) is 19.1 Å². The number of hydrogen-bond acceptors (Lipinski definition) is 2. The number of nitrogens with one attached hydrogen (secondary N) is 1. The van der Waals surface area contributed by atoms with Gasteiger partial charge in [0.25, 0.3) is 0 Å². The summed E-state index contributed by atoms with van der Waals surface area (Å²) in [6.45, 7) is 1.86. The summed E-state index contributed by atoms with van der Waals surface area (Å²) in [7, 11) is 0. The van der Waals surface area contributed by atoms with Crippen molar-refractivity contribution in [3.63, 3.8) is 0 Å². The molecule has 0 aliphatic rings. The van der Waals surface area contributed by atoms with Gasteiger partial charge in [0, 0.05) is 11.0 Å². The second kappa shape index (κ2) is 5.23. The van der Waals surface area contributed by atoms with E-state index in [0.717, 1.165) is 0 Å². The summed E-state index contributed by atoms with van der Waals surface area (Å²) in [4.78, 5) is 10.5. The molecule has 0 spiro atoms. The average Bonchev–Trinajstić information content (AvgIpc) is 2.12. The number of carboxylic acids is 1. The van der Waals surface area contributed by atoms with Gasteiger partial charge < -0.3 is 10.4 Å². The second-order valence-electron chi connectivity index (χ2n) is 3.22. The third-order valence-corrected chi connectivity index (χ3v) is 2.36. The summed E-state index contributed by atoms with van der Waals surface area (Å²) in [5.41, 5.74) is 0.704. The fourth-order valence-electron chi connectivity index (χ4n) is 1.07. The van der Waals surface area contributed by atoms with Crippen LogP contribution in [0.5, 0.6) is 0 Å². The standard InChI is InChI=1S/C10H11BrFNO2/c1-6(10(14)15)13-5-7-2-8(11)4-9(12)3-7/h2-4,6,13H,5H2,1H3,(H,14,15)/t6-/m1/s1. The zero-order chi connectivity index (χ0) is 11.4. The Morgan fingerprint density at radius 1 is 1.60 bits per heavy atom. The van der Waals surface area contributed by atoms with Crippen LogP contribution in [-0.2, 0) is 11.3 Å². The SMILES string of the molecule is C[C@@H](NCc1cc(F)cc(Br)c1)C(=O)O. The third kappa shape index (κ3) is 3.97. The Balaban J connectivity index is 2.61. The molecule has 0 aliphatic carbocycles. The largest absolute Gasteiger partial charge is 0.480 e. The molecule has 1 atom stereocenters. The lowest BCUT2D eigenvalue weighted by Crippen LogP contribution is -2.33. The molecule has 0 radical (unpaired) electrons. The van der Waals surface area contributed by atoms with E-state index in [4.69, 9.17) is 5.11 Å². The first-order valence-corrected chi connectivity index (χ1v) is 5.19. The molecule has 0 saturated heterocycles. The van der Waals surface area contributed by atoms with Gasteiger partial charge in [-0.05, 0) is 30.7 Å². The van der Waals surface area contributed by atoms with Crippen molar-refractivity contribution >= 4 is 21.9 Å². The molecule has 1 rings (SSSR count). The van der Waals surface area contributed by atoms with Crippen LogP contribution in [0.2, 0.25) is 0 Å². The van der Waals surface area contributed by atoms with Gasteiger partial charge in [-0.2, -0.15) is 0 Å². The van der Waals surface area contributed by atoms with Crippen LogP contribution < -0.4 is 5.32 Å². The van der Waals surface area contributed by atoms with Crippen LogP contribution in [0.3, 0.4) is 0 Å². The van der Waals surface area contributed by atoms with E-state index in [1.54, 1.807) is 6.07 Å². The van der Waals surface area contributed by atoms with Gasteiger partial charge in [0.2, 0.25) is 0 Å². The predicted octanol–water partition coefficient (Wildman–Crippen LogP) is 2.15. The maximum atomic E-state index is 12.9. The summed E-state index contributed by atoms with van der Waals surface area (Å²) in [6, 6.07) is 3.81. The van der Waals surface area contributed by atoms with E-state index >= 15 is 0 Å². The zero-order valence-corrected chi connectivity index (χ0v) is 9.71. The first kappa shape index (κ1) is 12.1. The topological polar surface area (TPSA) is 49.3 Å². The minimum absolute atomic E-state index is 0.323. The highest BCUT2D eigenvalue weighted by Gasteiger charge is 2.09. The first-order valence-electron chi connectivity index (χ1n) is 4.40. The van der Waals surface area contributed by atoms with Crippen LogP contribution in [0, 0.1) is 5.82 Å². The zero-order valence-electron chi connectivity index (χ0n) is 8.13. The van der Waals surface area contributed by atoms with Gasteiger partial charge in [-0.25, -0.2) is 4.39 Å². The number of carbonyl (C=O) groups is 1. The number of hydrogen-bond donors (Lipinski definition) is 2. The molecule has 0 amide bonds. The van der Waals surface area contributed by atoms with E-state index in [1.807, 2.05) is 0 Å². The molecule has 0 bridgehead atoms. The third-order valence-electron chi connectivity index (χ3n) is 1.91. The smallest absolute Gasteiger partial charge is 0.320 e. The molecule has 5 heteroatoms. The fraction of sp³-hybridized carbons (Fsp3) is 0.300. The van der Waals surface area contributed by atoms with Gasteiger partial charge in [0.15, 0.2) is 0 Å². The highest BCUT2D eigenvalue weighted by Crippen LogP contribution is 2.14. The monoisotopic (exact) mass is 275 g/mol. The Labute approximate surface area is 95.4 Å². The molecule has 1 aromatic carbocycles. The van der Waals surface area contributed by atoms with Crippen LogP contribution in [0.25, 0.3) is 0 Å². The molecule has 0 saturated carbocycles. The molecule has 15 heavy (non-hydrogen) atoms. The minimum atomic E-state index is -0.925. The summed E-state index contributed by atoms with van der Waals surface area (Å²) >= 11 is 3.16. The van der Waals surface area contributed by atoms with Crippen molar-refractivity contribution in [3.05, 3.63) is 34.1 Å². The fourth-order valence-corrected chi connectivity index (χ4v) is 1.58. The van der Waals surface area contributed by atoms with Gasteiger partial charge in [-0.1, -0.05) is 15.9 Å². The normalized spacial score (nSPS) is 12.5. The molecule has 82 valence electrons. The van der Waals surface area contributed by atoms with Crippen molar-refractivity contribution in [1.82, 2.24) is 5.32 Å². The van der Waals surface area contributed by atoms with Crippen LogP contribution in [-0.4, -0.2) is 17.1 Å². The Morgan fingerprint density at radius 2 is 2.27 bits per heavy atom. The summed E-state index contributed by atoms with van der Waals surface area (Å²) in [5, 5.41) is 11.4. The number of rotatable bonds is 4.